The van der Waals surface area contributed by atoms with Gasteiger partial charge in [0.1, 0.15) is 5.04 Å². The smallest absolute Gasteiger partial charge is 0.259 e. The maximum absolute atomic E-state index is 11.1. The third-order valence-electron chi connectivity index (χ3n) is 1.78. The summed E-state index contributed by atoms with van der Waals surface area (Å²) in [5.41, 5.74) is 0.970. The van der Waals surface area contributed by atoms with Crippen LogP contribution in [0.15, 0.2) is 29.5 Å². The monoisotopic (exact) mass is 192 g/mol. The van der Waals surface area contributed by atoms with E-state index in [1.807, 2.05) is 19.1 Å². The van der Waals surface area contributed by atoms with Crippen LogP contribution in [0.4, 0.5) is 0 Å². The number of hydrogen-bond donors (Lipinski definition) is 0. The molecule has 3 nitrogen and oxygen atoms in total. The van der Waals surface area contributed by atoms with Gasteiger partial charge in [0, 0.05) is 18.0 Å². The van der Waals surface area contributed by atoms with E-state index in [0.29, 0.717) is 0 Å². The topological polar surface area (TPSA) is 42.3 Å². The molecule has 66 valence electrons. The molecule has 0 fully saturated rings. The Kier molecular flexibility index (Phi) is 2.14. The van der Waals surface area contributed by atoms with Crippen LogP contribution in [0.1, 0.15) is 12.5 Å². The van der Waals surface area contributed by atoms with Crippen molar-refractivity contribution in [1.29, 1.82) is 0 Å². The second-order valence-electron chi connectivity index (χ2n) is 2.75. The third kappa shape index (κ3) is 1.62. The number of aliphatic imine (C=N–C) groups is 1. The predicted molar refractivity (Wildman–Crippen MR) is 52.8 cm³/mol. The number of aromatic nitrogens is 1. The highest BCUT2D eigenvalue weighted by molar-refractivity contribution is 8.16. The SMILES string of the molecule is C[C@@H]1SC(c2ccncc2)=NC1=O. The minimum atomic E-state index is -0.0446. The van der Waals surface area contributed by atoms with Gasteiger partial charge in [0.25, 0.3) is 5.91 Å². The summed E-state index contributed by atoms with van der Waals surface area (Å²) in [6.45, 7) is 1.87. The van der Waals surface area contributed by atoms with E-state index in [0.717, 1.165) is 10.6 Å². The molecule has 13 heavy (non-hydrogen) atoms. The molecule has 1 aliphatic heterocycles. The Morgan fingerprint density at radius 2 is 2.08 bits per heavy atom. The number of hydrogen-bond acceptors (Lipinski definition) is 3. The number of carbonyl (C=O) groups is 1. The van der Waals surface area contributed by atoms with E-state index in [9.17, 15) is 4.79 Å². The molecular formula is C9H8N2OS. The van der Waals surface area contributed by atoms with Gasteiger partial charge in [0.2, 0.25) is 0 Å². The molecule has 0 aromatic carbocycles. The molecule has 1 aliphatic rings. The van der Waals surface area contributed by atoms with Crippen LogP contribution in [0.25, 0.3) is 0 Å². The van der Waals surface area contributed by atoms with Crippen LogP contribution in [0, 0.1) is 0 Å². The summed E-state index contributed by atoms with van der Waals surface area (Å²) in [6, 6.07) is 3.72. The van der Waals surface area contributed by atoms with E-state index < -0.39 is 0 Å². The average Bonchev–Trinajstić information content (AvgIpc) is 2.49. The van der Waals surface area contributed by atoms with Crippen molar-refractivity contribution >= 4 is 22.7 Å². The van der Waals surface area contributed by atoms with Crippen LogP contribution in [-0.2, 0) is 4.79 Å². The standard InChI is InChI=1S/C9H8N2OS/c1-6-8(12)11-9(13-6)7-2-4-10-5-3-7/h2-6H,1H3/t6-/m0/s1. The Hall–Kier alpha value is -1.16. The quantitative estimate of drug-likeness (QED) is 0.677. The van der Waals surface area contributed by atoms with Crippen molar-refractivity contribution in [2.24, 2.45) is 4.99 Å². The van der Waals surface area contributed by atoms with Crippen molar-refractivity contribution < 1.29 is 4.79 Å². The highest BCUT2D eigenvalue weighted by atomic mass is 32.2. The molecule has 0 bridgehead atoms. The molecule has 1 aromatic rings. The molecule has 0 unspecified atom stereocenters. The largest absolute Gasteiger partial charge is 0.271 e. The highest BCUT2D eigenvalue weighted by Crippen LogP contribution is 2.25. The first-order chi connectivity index (χ1) is 6.27. The third-order valence-corrected chi connectivity index (χ3v) is 2.88. The van der Waals surface area contributed by atoms with Gasteiger partial charge < -0.3 is 0 Å². The lowest BCUT2D eigenvalue weighted by atomic mass is 10.3. The van der Waals surface area contributed by atoms with Gasteiger partial charge in [-0.05, 0) is 19.1 Å². The Labute approximate surface area is 80.3 Å². The summed E-state index contributed by atoms with van der Waals surface area (Å²) in [5.74, 6) is -0.0446. The molecule has 2 rings (SSSR count). The highest BCUT2D eigenvalue weighted by Gasteiger charge is 2.24. The van der Waals surface area contributed by atoms with E-state index in [1.54, 1.807) is 12.4 Å². The van der Waals surface area contributed by atoms with Crippen LogP contribution in [0.3, 0.4) is 0 Å². The van der Waals surface area contributed by atoms with Gasteiger partial charge >= 0.3 is 0 Å². The summed E-state index contributed by atoms with van der Waals surface area (Å²) in [4.78, 5) is 19.0. The van der Waals surface area contributed by atoms with E-state index in [-0.39, 0.29) is 11.2 Å². The maximum Gasteiger partial charge on any atom is 0.259 e. The van der Waals surface area contributed by atoms with Crippen LogP contribution < -0.4 is 0 Å². The van der Waals surface area contributed by atoms with Crippen LogP contribution in [-0.4, -0.2) is 21.2 Å². The van der Waals surface area contributed by atoms with E-state index in [1.165, 1.54) is 11.8 Å². The summed E-state index contributed by atoms with van der Waals surface area (Å²) in [5, 5.41) is 0.767. The van der Waals surface area contributed by atoms with Gasteiger partial charge in [-0.3, -0.25) is 9.78 Å². The molecular weight excluding hydrogens is 184 g/mol. The first-order valence-corrected chi connectivity index (χ1v) is 4.85. The number of nitrogens with zero attached hydrogens (tertiary/aromatic N) is 2. The molecule has 1 amide bonds. The first-order valence-electron chi connectivity index (χ1n) is 3.97. The molecule has 0 saturated carbocycles. The van der Waals surface area contributed by atoms with Gasteiger partial charge in [-0.1, -0.05) is 11.8 Å². The maximum atomic E-state index is 11.1. The second kappa shape index (κ2) is 3.30. The van der Waals surface area contributed by atoms with Crippen molar-refractivity contribution in [1.82, 2.24) is 4.98 Å². The van der Waals surface area contributed by atoms with Crippen molar-refractivity contribution in [2.75, 3.05) is 0 Å². The van der Waals surface area contributed by atoms with E-state index >= 15 is 0 Å². The lowest BCUT2D eigenvalue weighted by Crippen LogP contribution is -2.02. The predicted octanol–water partition coefficient (Wildman–Crippen LogP) is 1.49. The molecule has 0 saturated heterocycles. The Morgan fingerprint density at radius 1 is 1.38 bits per heavy atom. The number of rotatable bonds is 1. The molecule has 0 spiro atoms. The first kappa shape index (κ1) is 8.44. The lowest BCUT2D eigenvalue weighted by molar-refractivity contribution is -0.116. The summed E-state index contributed by atoms with van der Waals surface area (Å²) < 4.78 is 0. The molecule has 2 heterocycles. The number of thioether (sulfide) groups is 1. The number of amides is 1. The summed E-state index contributed by atoms with van der Waals surface area (Å²) >= 11 is 1.50. The number of carbonyl (C=O) groups excluding carboxylic acids is 1. The van der Waals surface area contributed by atoms with Gasteiger partial charge in [-0.2, -0.15) is 0 Å². The van der Waals surface area contributed by atoms with Crippen molar-refractivity contribution in [3.63, 3.8) is 0 Å². The van der Waals surface area contributed by atoms with Gasteiger partial charge in [-0.15, -0.1) is 0 Å². The van der Waals surface area contributed by atoms with Crippen molar-refractivity contribution in [3.05, 3.63) is 30.1 Å². The molecule has 1 atom stereocenters. The Balaban J connectivity index is 2.30. The average molecular weight is 192 g/mol. The molecule has 0 N–H and O–H groups in total. The molecule has 1 aromatic heterocycles. The van der Waals surface area contributed by atoms with Crippen molar-refractivity contribution in [3.8, 4) is 0 Å². The van der Waals surface area contributed by atoms with Gasteiger partial charge in [-0.25, -0.2) is 4.99 Å². The zero-order valence-electron chi connectivity index (χ0n) is 7.10. The van der Waals surface area contributed by atoms with Gasteiger partial charge in [0.05, 0.1) is 5.25 Å². The minimum absolute atomic E-state index is 0.0387. The summed E-state index contributed by atoms with van der Waals surface area (Å²) in [7, 11) is 0. The Bertz CT molecular complexity index is 361. The fourth-order valence-corrected chi connectivity index (χ4v) is 1.97. The van der Waals surface area contributed by atoms with E-state index in [2.05, 4.69) is 9.98 Å². The van der Waals surface area contributed by atoms with Crippen LogP contribution >= 0.6 is 11.8 Å². The second-order valence-corrected chi connectivity index (χ2v) is 4.08. The zero-order valence-corrected chi connectivity index (χ0v) is 7.91. The van der Waals surface area contributed by atoms with Crippen LogP contribution in [0.5, 0.6) is 0 Å². The lowest BCUT2D eigenvalue weighted by Gasteiger charge is -1.98. The molecule has 4 heteroatoms. The molecule has 0 aliphatic carbocycles. The fraction of sp³-hybridized carbons (Fsp3) is 0.222. The van der Waals surface area contributed by atoms with E-state index in [4.69, 9.17) is 0 Å². The van der Waals surface area contributed by atoms with Gasteiger partial charge in [0.15, 0.2) is 0 Å². The van der Waals surface area contributed by atoms with Crippen LogP contribution in [0.2, 0.25) is 0 Å². The van der Waals surface area contributed by atoms with Crippen molar-refractivity contribution in [2.45, 2.75) is 12.2 Å². The number of pyridine rings is 1. The molecule has 0 radical (unpaired) electrons. The summed E-state index contributed by atoms with van der Waals surface area (Å²) in [6.07, 6.45) is 3.40. The fourth-order valence-electron chi connectivity index (χ4n) is 1.06. The minimum Gasteiger partial charge on any atom is -0.271 e. The normalized spacial score (nSPS) is 21.8. The Morgan fingerprint density at radius 3 is 2.62 bits per heavy atom. The zero-order chi connectivity index (χ0) is 9.26.